The lowest BCUT2D eigenvalue weighted by atomic mass is 10.3. The van der Waals surface area contributed by atoms with Gasteiger partial charge in [-0.1, -0.05) is 11.8 Å². The summed E-state index contributed by atoms with van der Waals surface area (Å²) in [7, 11) is 0. The standard InChI is InChI=1S/C7H6N4O2S/c12-4(13)1-14-7-5-6(9-2-8-5)10-3-11-7/h2-3,5H,1H2,(H,12,13). The second kappa shape index (κ2) is 3.70. The van der Waals surface area contributed by atoms with E-state index in [2.05, 4.69) is 20.0 Å². The van der Waals surface area contributed by atoms with Gasteiger partial charge in [-0.25, -0.2) is 15.0 Å². The van der Waals surface area contributed by atoms with Gasteiger partial charge in [0.15, 0.2) is 11.9 Å². The Labute approximate surface area is 83.6 Å². The molecule has 0 amide bonds. The van der Waals surface area contributed by atoms with Gasteiger partial charge in [0.2, 0.25) is 0 Å². The first-order valence-electron chi connectivity index (χ1n) is 3.81. The third-order valence-electron chi connectivity index (χ3n) is 1.60. The van der Waals surface area contributed by atoms with E-state index in [1.54, 1.807) is 0 Å². The maximum atomic E-state index is 10.4. The third-order valence-corrected chi connectivity index (χ3v) is 2.62. The highest BCUT2D eigenvalue weighted by Crippen LogP contribution is 2.17. The molecule has 0 aliphatic carbocycles. The zero-order valence-electron chi connectivity index (χ0n) is 6.99. The van der Waals surface area contributed by atoms with Gasteiger partial charge in [0, 0.05) is 0 Å². The van der Waals surface area contributed by atoms with Gasteiger partial charge in [0.1, 0.15) is 17.7 Å². The number of carboxylic acid groups (broad SMARTS) is 1. The first-order chi connectivity index (χ1) is 6.77. The summed E-state index contributed by atoms with van der Waals surface area (Å²) in [5, 5.41) is 9.14. The van der Waals surface area contributed by atoms with E-state index < -0.39 is 5.97 Å². The highest BCUT2D eigenvalue weighted by atomic mass is 32.2. The van der Waals surface area contributed by atoms with Crippen LogP contribution in [0.5, 0.6) is 0 Å². The number of rotatable bonds is 2. The van der Waals surface area contributed by atoms with Gasteiger partial charge in [-0.2, -0.15) is 0 Å². The fourth-order valence-corrected chi connectivity index (χ4v) is 1.76. The van der Waals surface area contributed by atoms with Gasteiger partial charge in [-0.05, 0) is 0 Å². The van der Waals surface area contributed by atoms with Gasteiger partial charge in [-0.3, -0.25) is 9.79 Å². The summed E-state index contributed by atoms with van der Waals surface area (Å²) in [6, 6.07) is -0.288. The lowest BCUT2D eigenvalue weighted by Gasteiger charge is -2.11. The fourth-order valence-electron chi connectivity index (χ4n) is 1.04. The number of amidine groups is 1. The van der Waals surface area contributed by atoms with E-state index in [0.29, 0.717) is 10.9 Å². The monoisotopic (exact) mass is 210 g/mol. The Morgan fingerprint density at radius 3 is 3.14 bits per heavy atom. The van der Waals surface area contributed by atoms with Crippen molar-refractivity contribution >= 4 is 41.3 Å². The van der Waals surface area contributed by atoms with Crippen LogP contribution in [0, 0.1) is 0 Å². The average molecular weight is 210 g/mol. The molecule has 1 N–H and O–H groups in total. The molecule has 2 aliphatic rings. The summed E-state index contributed by atoms with van der Waals surface area (Å²) < 4.78 is 0. The molecule has 0 aromatic carbocycles. The molecule has 6 nitrogen and oxygen atoms in total. The second-order valence-corrected chi connectivity index (χ2v) is 3.54. The largest absolute Gasteiger partial charge is 0.481 e. The van der Waals surface area contributed by atoms with Crippen molar-refractivity contribution in [3.05, 3.63) is 0 Å². The normalized spacial score (nSPS) is 23.0. The number of aliphatic carboxylic acids is 1. The number of fused-ring (bicyclic) bond motifs is 1. The molecule has 2 rings (SSSR count). The van der Waals surface area contributed by atoms with Crippen LogP contribution in [-0.4, -0.2) is 46.4 Å². The zero-order chi connectivity index (χ0) is 9.97. The van der Waals surface area contributed by atoms with Crippen molar-refractivity contribution in [2.75, 3.05) is 5.75 Å². The fraction of sp³-hybridized carbons (Fsp3) is 0.286. The molecule has 0 saturated carbocycles. The van der Waals surface area contributed by atoms with Crippen LogP contribution in [0.2, 0.25) is 0 Å². The van der Waals surface area contributed by atoms with Crippen molar-refractivity contribution in [1.82, 2.24) is 0 Å². The van der Waals surface area contributed by atoms with Crippen LogP contribution in [0.1, 0.15) is 0 Å². The van der Waals surface area contributed by atoms with Crippen LogP contribution in [0.15, 0.2) is 20.0 Å². The van der Waals surface area contributed by atoms with E-state index in [1.807, 2.05) is 0 Å². The molecule has 0 saturated heterocycles. The van der Waals surface area contributed by atoms with Crippen molar-refractivity contribution < 1.29 is 9.90 Å². The second-order valence-electron chi connectivity index (χ2n) is 2.55. The van der Waals surface area contributed by atoms with Gasteiger partial charge < -0.3 is 5.11 Å². The summed E-state index contributed by atoms with van der Waals surface area (Å²) in [6.45, 7) is 0. The molecule has 0 radical (unpaired) electrons. The molecule has 0 fully saturated rings. The van der Waals surface area contributed by atoms with Gasteiger partial charge in [0.05, 0.1) is 5.75 Å². The lowest BCUT2D eigenvalue weighted by Crippen LogP contribution is -2.26. The Bertz CT molecular complexity index is 385. The predicted octanol–water partition coefficient (Wildman–Crippen LogP) is 0.0536. The zero-order valence-corrected chi connectivity index (χ0v) is 7.81. The van der Waals surface area contributed by atoms with Crippen LogP contribution >= 0.6 is 11.8 Å². The number of thioether (sulfide) groups is 1. The molecule has 1 unspecified atom stereocenters. The van der Waals surface area contributed by atoms with Gasteiger partial charge in [-0.15, -0.1) is 0 Å². The number of carboxylic acids is 1. The quantitative estimate of drug-likeness (QED) is 0.698. The summed E-state index contributed by atoms with van der Waals surface area (Å²) >= 11 is 1.15. The Kier molecular flexibility index (Phi) is 2.40. The minimum Gasteiger partial charge on any atom is -0.481 e. The maximum absolute atomic E-state index is 10.4. The molecule has 0 bridgehead atoms. The summed E-state index contributed by atoms with van der Waals surface area (Å²) in [6.07, 6.45) is 2.79. The van der Waals surface area contributed by atoms with Crippen molar-refractivity contribution in [1.29, 1.82) is 0 Å². The molecular weight excluding hydrogens is 204 g/mol. The number of nitrogens with zero attached hydrogens (tertiary/aromatic N) is 4. The molecule has 2 aliphatic heterocycles. The van der Waals surface area contributed by atoms with Crippen LogP contribution < -0.4 is 0 Å². The van der Waals surface area contributed by atoms with Crippen LogP contribution in [0.4, 0.5) is 0 Å². The maximum Gasteiger partial charge on any atom is 0.313 e. The summed E-state index contributed by atoms with van der Waals surface area (Å²) in [5.74, 6) is -0.319. The molecule has 14 heavy (non-hydrogen) atoms. The molecular formula is C7H6N4O2S. The van der Waals surface area contributed by atoms with Crippen LogP contribution in [0.25, 0.3) is 0 Å². The van der Waals surface area contributed by atoms with E-state index in [-0.39, 0.29) is 11.8 Å². The Morgan fingerprint density at radius 1 is 1.50 bits per heavy atom. The molecule has 0 spiro atoms. The minimum absolute atomic E-state index is 0.0219. The number of hydrogen-bond donors (Lipinski definition) is 1. The van der Waals surface area contributed by atoms with E-state index in [1.165, 1.54) is 12.7 Å². The first-order valence-corrected chi connectivity index (χ1v) is 4.80. The molecule has 1 atom stereocenters. The lowest BCUT2D eigenvalue weighted by molar-refractivity contribution is -0.133. The number of aliphatic imine (C=N–C) groups is 4. The third kappa shape index (κ3) is 1.72. The Morgan fingerprint density at radius 2 is 2.36 bits per heavy atom. The van der Waals surface area contributed by atoms with Crippen LogP contribution in [0.3, 0.4) is 0 Å². The smallest absolute Gasteiger partial charge is 0.313 e. The SMILES string of the molecule is O=C(O)CSC1=NC=NC2=NC=NC21. The van der Waals surface area contributed by atoms with Crippen LogP contribution in [-0.2, 0) is 4.79 Å². The molecule has 0 aromatic heterocycles. The number of carbonyl (C=O) groups is 1. The highest BCUT2D eigenvalue weighted by molar-refractivity contribution is 8.14. The topological polar surface area (TPSA) is 86.7 Å². The number of hydrogen-bond acceptors (Lipinski definition) is 6. The Balaban J connectivity index is 2.08. The van der Waals surface area contributed by atoms with E-state index >= 15 is 0 Å². The molecule has 2 heterocycles. The average Bonchev–Trinajstić information content (AvgIpc) is 2.62. The Hall–Kier alpha value is -1.50. The molecule has 72 valence electrons. The van der Waals surface area contributed by atoms with Gasteiger partial charge in [0.25, 0.3) is 0 Å². The first kappa shape index (κ1) is 9.07. The van der Waals surface area contributed by atoms with E-state index in [4.69, 9.17) is 5.11 Å². The van der Waals surface area contributed by atoms with Crippen molar-refractivity contribution in [3.8, 4) is 0 Å². The summed E-state index contributed by atoms with van der Waals surface area (Å²) in [5.41, 5.74) is 0. The van der Waals surface area contributed by atoms with Crippen molar-refractivity contribution in [2.45, 2.75) is 6.04 Å². The summed E-state index contributed by atoms with van der Waals surface area (Å²) in [4.78, 5) is 26.2. The molecule has 7 heteroatoms. The predicted molar refractivity (Wildman–Crippen MR) is 55.7 cm³/mol. The van der Waals surface area contributed by atoms with E-state index in [9.17, 15) is 4.79 Å². The van der Waals surface area contributed by atoms with Crippen molar-refractivity contribution in [2.24, 2.45) is 20.0 Å². The highest BCUT2D eigenvalue weighted by Gasteiger charge is 2.26. The molecule has 0 aromatic rings. The van der Waals surface area contributed by atoms with Gasteiger partial charge >= 0.3 is 5.97 Å². The van der Waals surface area contributed by atoms with Crippen molar-refractivity contribution in [3.63, 3.8) is 0 Å². The van der Waals surface area contributed by atoms with E-state index in [0.717, 1.165) is 11.8 Å². The minimum atomic E-state index is -0.874.